The predicted octanol–water partition coefficient (Wildman–Crippen LogP) is 3.19. The fraction of sp³-hybridized carbons (Fsp3) is 0.650. The number of amides is 1. The largest absolute Gasteiger partial charge is 0.476 e. The van der Waals surface area contributed by atoms with Gasteiger partial charge in [-0.05, 0) is 41.5 Å². The predicted molar refractivity (Wildman–Crippen MR) is 116 cm³/mol. The summed E-state index contributed by atoms with van der Waals surface area (Å²) in [5.74, 6) is -2.06. The number of thiazole rings is 1. The maximum Gasteiger partial charge on any atom is 0.413 e. The Kier molecular flexibility index (Phi) is 7.83. The van der Waals surface area contributed by atoms with Crippen molar-refractivity contribution in [3.8, 4) is 0 Å². The molecule has 0 unspecified atom stereocenters. The number of aromatic nitrogens is 1. The van der Waals surface area contributed by atoms with Gasteiger partial charge in [-0.2, -0.15) is 0 Å². The number of nitrogens with zero attached hydrogens (tertiary/aromatic N) is 2. The summed E-state index contributed by atoms with van der Waals surface area (Å²) in [6.07, 6.45) is -0.420. The number of rotatable bonds is 6. The summed E-state index contributed by atoms with van der Waals surface area (Å²) in [6, 6.07) is 0. The molecule has 11 nitrogen and oxygen atoms in total. The Bertz CT molecular complexity index is 876. The van der Waals surface area contributed by atoms with E-state index in [-0.39, 0.29) is 36.9 Å². The molecule has 0 saturated carbocycles. The van der Waals surface area contributed by atoms with Crippen LogP contribution in [0.3, 0.4) is 0 Å². The van der Waals surface area contributed by atoms with Crippen molar-refractivity contribution in [3.63, 3.8) is 0 Å². The van der Waals surface area contributed by atoms with Crippen LogP contribution in [-0.2, 0) is 28.6 Å². The molecule has 1 saturated heterocycles. The summed E-state index contributed by atoms with van der Waals surface area (Å²) in [7, 11) is 0. The van der Waals surface area contributed by atoms with Crippen molar-refractivity contribution < 1.29 is 38.5 Å². The molecule has 32 heavy (non-hydrogen) atoms. The number of anilines is 1. The molecule has 178 valence electrons. The maximum atomic E-state index is 12.8. The number of carbonyl (C=O) groups excluding carboxylic acids is 2. The Labute approximate surface area is 190 Å². The van der Waals surface area contributed by atoms with E-state index in [9.17, 15) is 19.5 Å². The molecule has 1 amide bonds. The Hall–Kier alpha value is -2.73. The highest BCUT2D eigenvalue weighted by Gasteiger charge is 2.46. The highest BCUT2D eigenvalue weighted by Crippen LogP contribution is 2.30. The molecule has 1 aliphatic heterocycles. The normalized spacial score (nSPS) is 16.8. The highest BCUT2D eigenvalue weighted by molar-refractivity contribution is 7.14. The lowest BCUT2D eigenvalue weighted by molar-refractivity contribution is -0.195. The van der Waals surface area contributed by atoms with Crippen molar-refractivity contribution in [2.45, 2.75) is 71.2 Å². The van der Waals surface area contributed by atoms with E-state index in [1.807, 2.05) is 0 Å². The third kappa shape index (κ3) is 7.45. The van der Waals surface area contributed by atoms with Gasteiger partial charge >= 0.3 is 18.0 Å². The van der Waals surface area contributed by atoms with Gasteiger partial charge in [0.15, 0.2) is 5.13 Å². The van der Waals surface area contributed by atoms with Gasteiger partial charge in [0.2, 0.25) is 11.3 Å². The summed E-state index contributed by atoms with van der Waals surface area (Å²) in [6.45, 7) is 10.8. The van der Waals surface area contributed by atoms with Crippen LogP contribution in [0.4, 0.5) is 9.93 Å². The van der Waals surface area contributed by atoms with Gasteiger partial charge in [-0.1, -0.05) is 5.16 Å². The molecule has 0 spiro atoms. The monoisotopic (exact) mass is 471 g/mol. The van der Waals surface area contributed by atoms with E-state index in [1.165, 1.54) is 5.38 Å². The number of carboxylic acid groups (broad SMARTS) is 1. The second kappa shape index (κ2) is 9.82. The Balaban J connectivity index is 2.23. The lowest BCUT2D eigenvalue weighted by atomic mass is 9.94. The molecule has 1 aromatic heterocycles. The Morgan fingerprint density at radius 3 is 2.25 bits per heavy atom. The molecule has 1 aliphatic rings. The quantitative estimate of drug-likeness (QED) is 0.363. The van der Waals surface area contributed by atoms with Crippen LogP contribution in [0.1, 0.15) is 60.1 Å². The number of carboxylic acids is 1. The number of ether oxygens (including phenoxy) is 3. The summed E-state index contributed by atoms with van der Waals surface area (Å²) in [5.41, 5.74) is -3.50. The fourth-order valence-corrected chi connectivity index (χ4v) is 3.25. The van der Waals surface area contributed by atoms with Crippen LogP contribution in [0.15, 0.2) is 10.5 Å². The van der Waals surface area contributed by atoms with Crippen molar-refractivity contribution in [3.05, 3.63) is 11.1 Å². The van der Waals surface area contributed by atoms with Gasteiger partial charge in [-0.15, -0.1) is 11.3 Å². The minimum absolute atomic E-state index is 0.0417. The van der Waals surface area contributed by atoms with Crippen LogP contribution in [0.2, 0.25) is 0 Å². The van der Waals surface area contributed by atoms with E-state index in [0.717, 1.165) is 11.3 Å². The van der Waals surface area contributed by atoms with Crippen molar-refractivity contribution >= 4 is 40.2 Å². The van der Waals surface area contributed by atoms with Gasteiger partial charge in [-0.3, -0.25) is 5.32 Å². The minimum Gasteiger partial charge on any atom is -0.476 e. The molecular formula is C20H29N3O8S. The second-order valence-electron chi connectivity index (χ2n) is 9.11. The molecule has 1 fully saturated rings. The first-order valence-electron chi connectivity index (χ1n) is 9.97. The zero-order valence-electron chi connectivity index (χ0n) is 19.0. The van der Waals surface area contributed by atoms with Crippen molar-refractivity contribution in [1.82, 2.24) is 4.98 Å². The van der Waals surface area contributed by atoms with E-state index >= 15 is 0 Å². The first-order chi connectivity index (χ1) is 14.7. The SMILES string of the molecule is CC(C)(C)OC(=O)Nc1nc(/C(=N/OC2(C(=O)OC(C)(C)C)CCOCC2)C(=O)O)cs1. The van der Waals surface area contributed by atoms with E-state index in [0.29, 0.717) is 0 Å². The topological polar surface area (TPSA) is 146 Å². The van der Waals surface area contributed by atoms with E-state index < -0.39 is 40.5 Å². The zero-order valence-corrected chi connectivity index (χ0v) is 19.8. The second-order valence-corrected chi connectivity index (χ2v) is 9.97. The smallest absolute Gasteiger partial charge is 0.413 e. The summed E-state index contributed by atoms with van der Waals surface area (Å²) < 4.78 is 15.9. The van der Waals surface area contributed by atoms with Gasteiger partial charge in [0.25, 0.3) is 0 Å². The van der Waals surface area contributed by atoms with Gasteiger partial charge < -0.3 is 24.2 Å². The van der Waals surface area contributed by atoms with Crippen LogP contribution in [0.25, 0.3) is 0 Å². The molecule has 0 radical (unpaired) electrons. The van der Waals surface area contributed by atoms with Crippen molar-refractivity contribution in [2.24, 2.45) is 5.16 Å². The third-order valence-corrected chi connectivity index (χ3v) is 4.70. The first-order valence-corrected chi connectivity index (χ1v) is 10.9. The summed E-state index contributed by atoms with van der Waals surface area (Å²) >= 11 is 0.990. The summed E-state index contributed by atoms with van der Waals surface area (Å²) in [4.78, 5) is 46.1. The van der Waals surface area contributed by atoms with Gasteiger partial charge in [0.1, 0.15) is 16.9 Å². The maximum absolute atomic E-state index is 12.8. The third-order valence-electron chi connectivity index (χ3n) is 3.94. The van der Waals surface area contributed by atoms with Gasteiger partial charge in [0.05, 0.1) is 13.2 Å². The van der Waals surface area contributed by atoms with Crippen LogP contribution >= 0.6 is 11.3 Å². The average Bonchev–Trinajstić information content (AvgIpc) is 3.07. The number of hydrogen-bond acceptors (Lipinski definition) is 10. The van der Waals surface area contributed by atoms with E-state index in [2.05, 4.69) is 15.5 Å². The number of hydrogen-bond donors (Lipinski definition) is 2. The molecular weight excluding hydrogens is 442 g/mol. The lowest BCUT2D eigenvalue weighted by Crippen LogP contribution is -2.49. The zero-order chi connectivity index (χ0) is 24.2. The standard InChI is InChI=1S/C20H29N3O8S/c1-18(2,3)29-15(26)20(7-9-28-10-8-20)31-23-13(14(24)25)12-11-32-16(21-12)22-17(27)30-19(4,5)6/h11H,7-10H2,1-6H3,(H,24,25)(H,21,22,27)/b23-13-. The van der Waals surface area contributed by atoms with Crippen LogP contribution in [-0.4, -0.2) is 63.9 Å². The molecule has 0 bridgehead atoms. The number of nitrogens with one attached hydrogen (secondary N) is 1. The van der Waals surface area contributed by atoms with E-state index in [1.54, 1.807) is 41.5 Å². The lowest BCUT2D eigenvalue weighted by Gasteiger charge is -2.34. The molecule has 2 rings (SSSR count). The van der Waals surface area contributed by atoms with Crippen molar-refractivity contribution in [1.29, 1.82) is 0 Å². The summed E-state index contributed by atoms with van der Waals surface area (Å²) in [5, 5.41) is 17.3. The molecule has 1 aromatic rings. The van der Waals surface area contributed by atoms with Crippen LogP contribution in [0, 0.1) is 0 Å². The average molecular weight is 472 g/mol. The minimum atomic E-state index is -1.47. The molecule has 0 aromatic carbocycles. The van der Waals surface area contributed by atoms with Crippen molar-refractivity contribution in [2.75, 3.05) is 18.5 Å². The molecule has 0 atom stereocenters. The number of carbonyl (C=O) groups is 3. The van der Waals surface area contributed by atoms with Crippen LogP contribution in [0.5, 0.6) is 0 Å². The highest BCUT2D eigenvalue weighted by atomic mass is 32.1. The fourth-order valence-electron chi connectivity index (χ4n) is 2.56. The number of aliphatic carboxylic acids is 1. The van der Waals surface area contributed by atoms with Crippen LogP contribution < -0.4 is 5.32 Å². The number of oxime groups is 1. The molecule has 2 heterocycles. The Morgan fingerprint density at radius 2 is 1.72 bits per heavy atom. The van der Waals surface area contributed by atoms with Gasteiger partial charge in [0, 0.05) is 18.2 Å². The number of esters is 1. The molecule has 12 heteroatoms. The molecule has 0 aliphatic carbocycles. The molecule has 2 N–H and O–H groups in total. The Morgan fingerprint density at radius 1 is 1.12 bits per heavy atom. The van der Waals surface area contributed by atoms with Gasteiger partial charge in [-0.25, -0.2) is 19.4 Å². The first kappa shape index (κ1) is 25.5. The van der Waals surface area contributed by atoms with E-state index in [4.69, 9.17) is 19.0 Å².